The fourth-order valence-corrected chi connectivity index (χ4v) is 7.87. The average Bonchev–Trinajstić information content (AvgIpc) is 3.74. The number of para-hydroxylation sites is 2. The van der Waals surface area contributed by atoms with E-state index in [0.29, 0.717) is 0 Å². The van der Waals surface area contributed by atoms with Gasteiger partial charge < -0.3 is 13.7 Å². The Bertz CT molecular complexity index is 2670. The monoisotopic (exact) mass is 591 g/mol. The highest BCUT2D eigenvalue weighted by Crippen LogP contribution is 2.54. The van der Waals surface area contributed by atoms with Crippen LogP contribution in [0, 0.1) is 0 Å². The Kier molecular flexibility index (Phi) is 5.06. The van der Waals surface area contributed by atoms with Crippen molar-refractivity contribution in [3.63, 3.8) is 0 Å². The van der Waals surface area contributed by atoms with Gasteiger partial charge in [0.25, 0.3) is 0 Å². The van der Waals surface area contributed by atoms with Gasteiger partial charge in [-0.3, -0.25) is 0 Å². The van der Waals surface area contributed by atoms with Gasteiger partial charge in [0.2, 0.25) is 0 Å². The summed E-state index contributed by atoms with van der Waals surface area (Å²) in [6.07, 6.45) is 0. The molecule has 0 atom stereocenters. The summed E-state index contributed by atoms with van der Waals surface area (Å²) in [6, 6.07) is 49.6. The van der Waals surface area contributed by atoms with Crippen LogP contribution in [0.2, 0.25) is 0 Å². The third kappa shape index (κ3) is 3.37. The van der Waals surface area contributed by atoms with Gasteiger partial charge in [0.1, 0.15) is 22.3 Å². The van der Waals surface area contributed by atoms with Crippen LogP contribution in [0.25, 0.3) is 65.8 Å². The van der Waals surface area contributed by atoms with Crippen molar-refractivity contribution in [3.8, 4) is 11.1 Å². The van der Waals surface area contributed by atoms with E-state index in [1.807, 2.05) is 12.1 Å². The Morgan fingerprint density at radius 1 is 0.500 bits per heavy atom. The van der Waals surface area contributed by atoms with Crippen molar-refractivity contribution < 1.29 is 8.83 Å². The molecule has 2 heterocycles. The Balaban J connectivity index is 1.33. The highest BCUT2D eigenvalue weighted by Gasteiger charge is 2.38. The van der Waals surface area contributed by atoms with Gasteiger partial charge in [-0.25, -0.2) is 0 Å². The van der Waals surface area contributed by atoms with E-state index in [4.69, 9.17) is 8.83 Å². The second kappa shape index (κ2) is 9.12. The van der Waals surface area contributed by atoms with Crippen molar-refractivity contribution in [2.75, 3.05) is 4.90 Å². The van der Waals surface area contributed by atoms with Gasteiger partial charge in [0.05, 0.1) is 11.1 Å². The summed E-state index contributed by atoms with van der Waals surface area (Å²) in [5, 5.41) is 6.70. The highest BCUT2D eigenvalue weighted by molar-refractivity contribution is 6.24. The average molecular weight is 592 g/mol. The maximum absolute atomic E-state index is 7.09. The molecule has 3 nitrogen and oxygen atoms in total. The van der Waals surface area contributed by atoms with Gasteiger partial charge in [-0.2, -0.15) is 0 Å². The minimum atomic E-state index is -0.109. The molecule has 0 unspecified atom stereocenters. The van der Waals surface area contributed by atoms with Crippen molar-refractivity contribution >= 4 is 71.7 Å². The van der Waals surface area contributed by atoms with Crippen molar-refractivity contribution in [2.24, 2.45) is 0 Å². The molecule has 46 heavy (non-hydrogen) atoms. The number of rotatable bonds is 3. The molecule has 0 radical (unpaired) electrons. The van der Waals surface area contributed by atoms with Gasteiger partial charge in [0.15, 0.2) is 0 Å². The molecule has 1 aliphatic rings. The largest absolute Gasteiger partial charge is 0.456 e. The number of benzene rings is 7. The maximum Gasteiger partial charge on any atom is 0.145 e. The van der Waals surface area contributed by atoms with E-state index in [0.717, 1.165) is 71.7 Å². The Hall–Kier alpha value is -5.80. The SMILES string of the molecule is CC1(C)c2ccccc2-c2c1ccc1c2oc2c3ccccc3cc(N(c3ccccc3)c3ccc4c(c3)oc3ccccc34)c12. The van der Waals surface area contributed by atoms with Crippen LogP contribution < -0.4 is 4.90 Å². The smallest absolute Gasteiger partial charge is 0.145 e. The molecule has 0 bridgehead atoms. The predicted molar refractivity (Wildman–Crippen MR) is 191 cm³/mol. The zero-order valence-corrected chi connectivity index (χ0v) is 25.5. The molecular formula is C43H29NO2. The van der Waals surface area contributed by atoms with E-state index in [9.17, 15) is 0 Å². The first-order valence-electron chi connectivity index (χ1n) is 15.9. The molecule has 0 N–H and O–H groups in total. The second-order valence-corrected chi connectivity index (χ2v) is 12.9. The molecule has 10 rings (SSSR count). The Morgan fingerprint density at radius 3 is 2.11 bits per heavy atom. The summed E-state index contributed by atoms with van der Waals surface area (Å²) in [5.41, 5.74) is 11.8. The van der Waals surface area contributed by atoms with Crippen LogP contribution in [-0.2, 0) is 5.41 Å². The molecule has 9 aromatic rings. The van der Waals surface area contributed by atoms with Crippen molar-refractivity contribution in [3.05, 3.63) is 151 Å². The molecule has 0 amide bonds. The number of hydrogen-bond acceptors (Lipinski definition) is 3. The van der Waals surface area contributed by atoms with Crippen LogP contribution in [0.3, 0.4) is 0 Å². The molecule has 1 aliphatic carbocycles. The zero-order chi connectivity index (χ0) is 30.6. The summed E-state index contributed by atoms with van der Waals surface area (Å²) < 4.78 is 13.5. The number of furan rings is 2. The van der Waals surface area contributed by atoms with Crippen molar-refractivity contribution in [1.29, 1.82) is 0 Å². The summed E-state index contributed by atoms with van der Waals surface area (Å²) in [4.78, 5) is 2.35. The fourth-order valence-electron chi connectivity index (χ4n) is 7.87. The van der Waals surface area contributed by atoms with Gasteiger partial charge >= 0.3 is 0 Å². The lowest BCUT2D eigenvalue weighted by Crippen LogP contribution is -2.14. The molecule has 3 heteroatoms. The van der Waals surface area contributed by atoms with Crippen LogP contribution in [-0.4, -0.2) is 0 Å². The van der Waals surface area contributed by atoms with Crippen molar-refractivity contribution in [1.82, 2.24) is 0 Å². The van der Waals surface area contributed by atoms with E-state index in [1.54, 1.807) is 0 Å². The highest BCUT2D eigenvalue weighted by atomic mass is 16.3. The van der Waals surface area contributed by atoms with Crippen LogP contribution in [0.5, 0.6) is 0 Å². The Morgan fingerprint density at radius 2 is 1.22 bits per heavy atom. The van der Waals surface area contributed by atoms with E-state index in [2.05, 4.69) is 146 Å². The maximum atomic E-state index is 7.09. The minimum Gasteiger partial charge on any atom is -0.456 e. The van der Waals surface area contributed by atoms with E-state index in [1.165, 1.54) is 22.3 Å². The molecule has 2 aromatic heterocycles. The molecule has 0 saturated carbocycles. The Labute approximate surface area is 265 Å². The standard InChI is InChI=1S/C43H29NO2/c1-43(2)34-18-10-8-17-32(34)39-35(43)23-22-33-40-36(24-26-12-6-7-15-29(26)41(40)46-42(33)39)44(27-13-4-3-5-14-27)28-20-21-31-30-16-9-11-19-37(30)45-38(31)25-28/h3-25H,1-2H3. The number of anilines is 3. The number of hydrogen-bond donors (Lipinski definition) is 0. The first kappa shape index (κ1) is 25.5. The molecular weight excluding hydrogens is 562 g/mol. The molecule has 0 spiro atoms. The summed E-state index contributed by atoms with van der Waals surface area (Å²) in [7, 11) is 0. The molecule has 0 fully saturated rings. The summed E-state index contributed by atoms with van der Waals surface area (Å²) >= 11 is 0. The molecule has 0 saturated heterocycles. The third-order valence-corrected chi connectivity index (χ3v) is 10.0. The molecule has 0 aliphatic heterocycles. The third-order valence-electron chi connectivity index (χ3n) is 10.0. The van der Waals surface area contributed by atoms with Crippen LogP contribution in [0.1, 0.15) is 25.0 Å². The topological polar surface area (TPSA) is 29.5 Å². The summed E-state index contributed by atoms with van der Waals surface area (Å²) in [6.45, 7) is 4.64. The zero-order valence-electron chi connectivity index (χ0n) is 25.5. The van der Waals surface area contributed by atoms with E-state index in [-0.39, 0.29) is 5.41 Å². The lowest BCUT2D eigenvalue weighted by Gasteiger charge is -2.26. The lowest BCUT2D eigenvalue weighted by molar-refractivity contribution is 0.654. The second-order valence-electron chi connectivity index (χ2n) is 12.9. The first-order valence-corrected chi connectivity index (χ1v) is 15.9. The molecule has 7 aromatic carbocycles. The minimum absolute atomic E-state index is 0.109. The first-order chi connectivity index (χ1) is 22.6. The van der Waals surface area contributed by atoms with E-state index >= 15 is 0 Å². The lowest BCUT2D eigenvalue weighted by atomic mass is 9.82. The quantitative estimate of drug-likeness (QED) is 0.205. The van der Waals surface area contributed by atoms with Crippen LogP contribution in [0.15, 0.2) is 148 Å². The predicted octanol–water partition coefficient (Wildman–Crippen LogP) is 12.4. The van der Waals surface area contributed by atoms with Gasteiger partial charge in [-0.15, -0.1) is 0 Å². The summed E-state index contributed by atoms with van der Waals surface area (Å²) in [5.74, 6) is 0. The van der Waals surface area contributed by atoms with Crippen LogP contribution >= 0.6 is 0 Å². The fraction of sp³-hybridized carbons (Fsp3) is 0.0698. The number of fused-ring (bicyclic) bond motifs is 12. The molecule has 218 valence electrons. The number of nitrogens with zero attached hydrogens (tertiary/aromatic N) is 1. The van der Waals surface area contributed by atoms with Crippen LogP contribution in [0.4, 0.5) is 17.1 Å². The normalized spacial score (nSPS) is 13.6. The van der Waals surface area contributed by atoms with Gasteiger partial charge in [-0.1, -0.05) is 111 Å². The van der Waals surface area contributed by atoms with Crippen molar-refractivity contribution in [2.45, 2.75) is 19.3 Å². The van der Waals surface area contributed by atoms with E-state index < -0.39 is 0 Å². The van der Waals surface area contributed by atoms with Gasteiger partial charge in [0, 0.05) is 50.0 Å². The van der Waals surface area contributed by atoms with Gasteiger partial charge in [-0.05, 0) is 58.5 Å².